The molecule has 1 N–H and O–H groups in total. The summed E-state index contributed by atoms with van der Waals surface area (Å²) in [6.07, 6.45) is 7.48. The van der Waals surface area contributed by atoms with E-state index in [2.05, 4.69) is 14.8 Å². The van der Waals surface area contributed by atoms with Gasteiger partial charge in [-0.1, -0.05) is 11.6 Å². The zero-order valence-electron chi connectivity index (χ0n) is 17.9. The van der Waals surface area contributed by atoms with Gasteiger partial charge in [-0.15, -0.1) is 0 Å². The van der Waals surface area contributed by atoms with E-state index in [-0.39, 0.29) is 33.9 Å². The molecule has 1 aromatic rings. The van der Waals surface area contributed by atoms with Crippen molar-refractivity contribution in [2.24, 2.45) is 17.4 Å². The van der Waals surface area contributed by atoms with Gasteiger partial charge in [-0.3, -0.25) is 4.79 Å². The Morgan fingerprint density at radius 3 is 2.66 bits per heavy atom. The van der Waals surface area contributed by atoms with E-state index in [1.165, 1.54) is 11.7 Å². The number of carbonyl (C=O) groups is 1. The third-order valence-corrected chi connectivity index (χ3v) is 8.36. The van der Waals surface area contributed by atoms with Crippen LogP contribution in [0.3, 0.4) is 0 Å². The molecule has 0 bridgehead atoms. The molecule has 2 heterocycles. The molecule has 4 rings (SSSR count). The predicted molar refractivity (Wildman–Crippen MR) is 121 cm³/mol. The van der Waals surface area contributed by atoms with Crippen LogP contribution in [0.1, 0.15) is 44.9 Å². The lowest BCUT2D eigenvalue weighted by Gasteiger charge is -2.27. The van der Waals surface area contributed by atoms with Crippen LogP contribution >= 0.6 is 11.6 Å². The number of ether oxygens (including phenoxy) is 1. The number of alkyl carbamates (subject to hydrolysis) is 1. The number of nitrogens with zero attached hydrogens (tertiary/aromatic N) is 4. The molecule has 1 aromatic heterocycles. The third-order valence-electron chi connectivity index (χ3n) is 6.28. The summed E-state index contributed by atoms with van der Waals surface area (Å²) in [4.78, 5) is 26.2. The number of hydrogen-bond acceptors (Lipinski definition) is 7. The second-order valence-corrected chi connectivity index (χ2v) is 11.0. The summed E-state index contributed by atoms with van der Waals surface area (Å²) in [6.45, 7) is 1.06. The van der Waals surface area contributed by atoms with E-state index in [9.17, 15) is 18.0 Å². The first-order valence-electron chi connectivity index (χ1n) is 11.0. The van der Waals surface area contributed by atoms with Crippen molar-refractivity contribution in [3.63, 3.8) is 0 Å². The molecule has 0 radical (unpaired) electrons. The Balaban J connectivity index is 1.21. The van der Waals surface area contributed by atoms with Crippen molar-refractivity contribution in [3.8, 4) is 0 Å². The SMILES string of the molecule is Cn1ncc(N2CC[C@@H](OC(=O)NC3CCC(C=NS(=O)(=O)C4CC4)CC3)C2)c(Cl)c1=O. The monoisotopic (exact) mass is 485 g/mol. The summed E-state index contributed by atoms with van der Waals surface area (Å²) in [5.41, 5.74) is 0.182. The molecule has 1 amide bonds. The van der Waals surface area contributed by atoms with E-state index in [4.69, 9.17) is 16.3 Å². The summed E-state index contributed by atoms with van der Waals surface area (Å²) in [6, 6.07) is 0.000449. The van der Waals surface area contributed by atoms with E-state index in [1.54, 1.807) is 12.4 Å². The van der Waals surface area contributed by atoms with Crippen molar-refractivity contribution in [1.29, 1.82) is 0 Å². The number of amides is 1. The molecule has 3 fully saturated rings. The first-order valence-corrected chi connectivity index (χ1v) is 12.8. The normalized spacial score (nSPS) is 26.4. The van der Waals surface area contributed by atoms with Gasteiger partial charge in [-0.05, 0) is 44.4 Å². The molecule has 2 saturated carbocycles. The van der Waals surface area contributed by atoms with Crippen LogP contribution in [-0.2, 0) is 21.8 Å². The Morgan fingerprint density at radius 1 is 1.25 bits per heavy atom. The van der Waals surface area contributed by atoms with Crippen molar-refractivity contribution in [1.82, 2.24) is 15.1 Å². The fourth-order valence-corrected chi connectivity index (χ4v) is 5.69. The van der Waals surface area contributed by atoms with Crippen LogP contribution in [0, 0.1) is 5.92 Å². The number of sulfonamides is 1. The molecule has 3 aliphatic rings. The van der Waals surface area contributed by atoms with Crippen LogP contribution in [-0.4, -0.2) is 61.0 Å². The van der Waals surface area contributed by atoms with Gasteiger partial charge in [-0.2, -0.15) is 9.50 Å². The highest BCUT2D eigenvalue weighted by atomic mass is 35.5. The molecule has 0 spiro atoms. The minimum absolute atomic E-state index is 0.000449. The maximum atomic E-state index is 12.3. The molecular weight excluding hydrogens is 458 g/mol. The molecule has 10 nitrogen and oxygen atoms in total. The van der Waals surface area contributed by atoms with Crippen LogP contribution in [0.15, 0.2) is 15.4 Å². The van der Waals surface area contributed by atoms with Crippen LogP contribution in [0.2, 0.25) is 5.02 Å². The Kier molecular flexibility index (Phi) is 6.75. The molecule has 1 atom stereocenters. The number of halogens is 1. The number of anilines is 1. The molecule has 176 valence electrons. The number of aryl methyl sites for hydroxylation is 1. The first-order chi connectivity index (χ1) is 15.2. The largest absolute Gasteiger partial charge is 0.444 e. The van der Waals surface area contributed by atoms with E-state index >= 15 is 0 Å². The van der Waals surface area contributed by atoms with Crippen LogP contribution in [0.5, 0.6) is 0 Å². The fourth-order valence-electron chi connectivity index (χ4n) is 4.15. The van der Waals surface area contributed by atoms with Crippen LogP contribution < -0.4 is 15.8 Å². The van der Waals surface area contributed by atoms with Gasteiger partial charge in [-0.25, -0.2) is 17.9 Å². The summed E-state index contributed by atoms with van der Waals surface area (Å²) < 4.78 is 34.3. The topological polar surface area (TPSA) is 123 Å². The molecule has 2 aliphatic carbocycles. The Bertz CT molecular complexity index is 1050. The number of nitrogens with one attached hydrogen (secondary N) is 1. The Hall–Kier alpha value is -2.14. The zero-order chi connectivity index (χ0) is 22.9. The van der Waals surface area contributed by atoms with Gasteiger partial charge in [0.1, 0.15) is 11.1 Å². The fraction of sp³-hybridized carbons (Fsp3) is 0.700. The molecule has 12 heteroatoms. The van der Waals surface area contributed by atoms with Crippen molar-refractivity contribution in [2.75, 3.05) is 18.0 Å². The second kappa shape index (κ2) is 9.38. The third kappa shape index (κ3) is 5.43. The lowest BCUT2D eigenvalue weighted by atomic mass is 9.87. The van der Waals surface area contributed by atoms with Gasteiger partial charge in [0.25, 0.3) is 15.6 Å². The maximum absolute atomic E-state index is 12.3. The van der Waals surface area contributed by atoms with Gasteiger partial charge in [0, 0.05) is 32.3 Å². The molecule has 1 saturated heterocycles. The predicted octanol–water partition coefficient (Wildman–Crippen LogP) is 1.86. The molecular formula is C20H28ClN5O5S. The number of rotatable bonds is 6. The summed E-state index contributed by atoms with van der Waals surface area (Å²) in [5, 5.41) is 6.75. The minimum atomic E-state index is -3.32. The van der Waals surface area contributed by atoms with Gasteiger partial charge >= 0.3 is 6.09 Å². The highest BCUT2D eigenvalue weighted by Gasteiger charge is 2.35. The smallest absolute Gasteiger partial charge is 0.407 e. The summed E-state index contributed by atoms with van der Waals surface area (Å²) in [5.74, 6) is 0.123. The second-order valence-electron chi connectivity index (χ2n) is 8.76. The van der Waals surface area contributed by atoms with E-state index in [0.717, 1.165) is 25.7 Å². The average Bonchev–Trinajstić information content (AvgIpc) is 3.53. The van der Waals surface area contributed by atoms with Crippen LogP contribution in [0.4, 0.5) is 10.5 Å². The first kappa shape index (κ1) is 23.0. The number of aromatic nitrogens is 2. The van der Waals surface area contributed by atoms with Crippen LogP contribution in [0.25, 0.3) is 0 Å². The minimum Gasteiger partial charge on any atom is -0.444 e. The number of hydrogen-bond donors (Lipinski definition) is 1. The van der Waals surface area contributed by atoms with Gasteiger partial charge in [0.15, 0.2) is 0 Å². The van der Waals surface area contributed by atoms with Gasteiger partial charge in [0.2, 0.25) is 0 Å². The zero-order valence-corrected chi connectivity index (χ0v) is 19.5. The molecule has 1 aliphatic heterocycles. The average molecular weight is 486 g/mol. The highest BCUT2D eigenvalue weighted by molar-refractivity contribution is 7.91. The summed E-state index contributed by atoms with van der Waals surface area (Å²) >= 11 is 6.16. The standard InChI is InChI=1S/C20H28ClN5O5S/c1-25-19(27)18(21)17(11-22-25)26-9-8-15(12-26)31-20(28)24-14-4-2-13(3-5-14)10-23-32(29,30)16-6-7-16/h10-11,13-16H,2-9,12H2,1H3,(H,24,28)/t13?,14?,15-/m1/s1. The van der Waals surface area contributed by atoms with Crippen molar-refractivity contribution < 1.29 is 17.9 Å². The highest BCUT2D eigenvalue weighted by Crippen LogP contribution is 2.30. The van der Waals surface area contributed by atoms with Crippen molar-refractivity contribution in [2.45, 2.75) is 62.3 Å². The molecule has 32 heavy (non-hydrogen) atoms. The lowest BCUT2D eigenvalue weighted by molar-refractivity contribution is 0.102. The Morgan fingerprint density at radius 2 is 1.97 bits per heavy atom. The molecule has 0 aromatic carbocycles. The Labute approximate surface area is 192 Å². The number of carbonyl (C=O) groups excluding carboxylic acids is 1. The van der Waals surface area contributed by atoms with Crippen molar-refractivity contribution in [3.05, 3.63) is 21.6 Å². The quantitative estimate of drug-likeness (QED) is 0.610. The summed E-state index contributed by atoms with van der Waals surface area (Å²) in [7, 11) is -1.78. The van der Waals surface area contributed by atoms with Crippen molar-refractivity contribution >= 4 is 39.6 Å². The van der Waals surface area contributed by atoms with E-state index in [1.807, 2.05) is 4.90 Å². The van der Waals surface area contributed by atoms with E-state index < -0.39 is 16.1 Å². The molecule has 0 unspecified atom stereocenters. The van der Waals surface area contributed by atoms with Gasteiger partial charge in [0.05, 0.1) is 23.7 Å². The van der Waals surface area contributed by atoms with Gasteiger partial charge < -0.3 is 15.0 Å². The van der Waals surface area contributed by atoms with E-state index in [0.29, 0.717) is 38.0 Å². The maximum Gasteiger partial charge on any atom is 0.407 e. The lowest BCUT2D eigenvalue weighted by Crippen LogP contribution is -2.40.